The summed E-state index contributed by atoms with van der Waals surface area (Å²) in [5.41, 5.74) is 21.7. The molecule has 0 radical (unpaired) electrons. The number of thioether (sulfide) groups is 1. The number of carbonyl (C=O) groups excluding carboxylic acids is 2. The van der Waals surface area contributed by atoms with Gasteiger partial charge >= 0.3 is 5.97 Å². The molecule has 0 unspecified atom stereocenters. The Morgan fingerprint density at radius 3 is 2.43 bits per heavy atom. The molecule has 0 aliphatic rings. The lowest BCUT2D eigenvalue weighted by Gasteiger charge is -2.13. The summed E-state index contributed by atoms with van der Waals surface area (Å²) < 4.78 is 5.28. The summed E-state index contributed by atoms with van der Waals surface area (Å²) in [6.45, 7) is 0.883. The first-order chi connectivity index (χ1) is 22.7. The number of amides is 1. The van der Waals surface area contributed by atoms with Gasteiger partial charge in [-0.2, -0.15) is 10.5 Å². The van der Waals surface area contributed by atoms with Crippen LogP contribution in [0.25, 0.3) is 21.7 Å². The molecule has 7 N–H and O–H groups in total. The average Bonchev–Trinajstić information content (AvgIpc) is 3.56. The van der Waals surface area contributed by atoms with E-state index in [0.717, 1.165) is 21.8 Å². The van der Waals surface area contributed by atoms with Gasteiger partial charge in [0.1, 0.15) is 39.6 Å². The first-order valence-electron chi connectivity index (χ1n) is 14.7. The molecular weight excluding hydrogens is 656 g/mol. The highest BCUT2D eigenvalue weighted by Gasteiger charge is 2.21. The summed E-state index contributed by atoms with van der Waals surface area (Å²) in [6.07, 6.45) is 1.47. The molecule has 0 aliphatic heterocycles. The highest BCUT2D eigenvalue weighted by atomic mass is 35.5. The van der Waals surface area contributed by atoms with E-state index in [1.165, 1.54) is 23.1 Å². The number of nitrogens with one attached hydrogen (secondary N) is 1. The van der Waals surface area contributed by atoms with Gasteiger partial charge in [-0.25, -0.2) is 9.97 Å². The molecular formula is C33H33ClN8O3S2. The first-order valence-corrected chi connectivity index (χ1v) is 16.9. The van der Waals surface area contributed by atoms with Crippen molar-refractivity contribution in [1.82, 2.24) is 15.3 Å². The van der Waals surface area contributed by atoms with Gasteiger partial charge in [-0.05, 0) is 42.5 Å². The Morgan fingerprint density at radius 2 is 1.74 bits per heavy atom. The van der Waals surface area contributed by atoms with Gasteiger partial charge in [0.2, 0.25) is 5.91 Å². The van der Waals surface area contributed by atoms with Crippen LogP contribution in [0.15, 0.2) is 58.9 Å². The van der Waals surface area contributed by atoms with Crippen LogP contribution < -0.4 is 22.5 Å². The van der Waals surface area contributed by atoms with Crippen LogP contribution in [-0.4, -0.2) is 47.6 Å². The molecule has 11 nitrogen and oxygen atoms in total. The highest BCUT2D eigenvalue weighted by Crippen LogP contribution is 2.37. The molecule has 1 atom stereocenters. The quantitative estimate of drug-likeness (QED) is 0.0757. The number of esters is 1. The Balaban J connectivity index is 1.38. The number of anilines is 1. The van der Waals surface area contributed by atoms with Crippen LogP contribution in [-0.2, 0) is 26.5 Å². The molecule has 0 fully saturated rings. The Labute approximate surface area is 286 Å². The minimum atomic E-state index is -0.884. The molecule has 242 valence electrons. The third-order valence-electron chi connectivity index (χ3n) is 6.96. The maximum atomic E-state index is 12.2. The fourth-order valence-corrected chi connectivity index (χ4v) is 6.48. The SMILES string of the molecule is N#Cc1c(N)nc(SCc2csc(-c3ccc(Cl)cc3)n2)c(C#N)c1-c1ccc(CCCOC(=O)[C@@H](N)CCC(=O)NCCN)cc1. The number of nitriles is 2. The summed E-state index contributed by atoms with van der Waals surface area (Å²) >= 11 is 8.85. The normalized spacial score (nSPS) is 11.3. The van der Waals surface area contributed by atoms with Crippen LogP contribution in [0.5, 0.6) is 0 Å². The zero-order valence-electron chi connectivity index (χ0n) is 25.4. The van der Waals surface area contributed by atoms with Gasteiger partial charge in [-0.3, -0.25) is 9.59 Å². The standard InChI is InChI=1S/C33H33ClN8O3S2/c34-23-9-7-22(8-10-23)31-41-24(18-46-31)19-47-32-26(17-37)29(25(16-36)30(39)42-32)21-5-3-20(4-6-21)2-1-15-45-33(44)27(38)11-12-28(43)40-14-13-35/h3-10,18,27H,1-2,11-15,19,35,38H2,(H2,39,42)(H,40,43)/t27-/m0/s1. The largest absolute Gasteiger partial charge is 0.465 e. The molecule has 47 heavy (non-hydrogen) atoms. The number of ether oxygens (including phenoxy) is 1. The van der Waals surface area contributed by atoms with Gasteiger partial charge < -0.3 is 27.3 Å². The molecule has 2 aromatic carbocycles. The number of benzene rings is 2. The fraction of sp³-hybridized carbons (Fsp3) is 0.273. The van der Waals surface area contributed by atoms with Crippen LogP contribution in [0, 0.1) is 22.7 Å². The number of halogens is 1. The van der Waals surface area contributed by atoms with Crippen molar-refractivity contribution >= 4 is 52.4 Å². The maximum Gasteiger partial charge on any atom is 0.322 e. The molecule has 0 saturated heterocycles. The number of nitrogen functional groups attached to an aromatic ring is 1. The molecule has 4 rings (SSSR count). The van der Waals surface area contributed by atoms with Crippen LogP contribution in [0.2, 0.25) is 5.02 Å². The summed E-state index contributed by atoms with van der Waals surface area (Å²) in [5, 5.41) is 26.6. The van der Waals surface area contributed by atoms with Gasteiger partial charge in [0.15, 0.2) is 0 Å². The van der Waals surface area contributed by atoms with E-state index < -0.39 is 12.0 Å². The van der Waals surface area contributed by atoms with Crippen molar-refractivity contribution in [3.63, 3.8) is 0 Å². The minimum absolute atomic E-state index is 0.0458. The van der Waals surface area contributed by atoms with Crippen LogP contribution >= 0.6 is 34.7 Å². The van der Waals surface area contributed by atoms with Gasteiger partial charge in [-0.1, -0.05) is 59.8 Å². The van der Waals surface area contributed by atoms with Crippen molar-refractivity contribution in [2.45, 2.75) is 42.5 Å². The summed E-state index contributed by atoms with van der Waals surface area (Å²) in [5.74, 6) is -0.268. The lowest BCUT2D eigenvalue weighted by molar-refractivity contribution is -0.145. The minimum Gasteiger partial charge on any atom is -0.465 e. The predicted molar refractivity (Wildman–Crippen MR) is 184 cm³/mol. The zero-order chi connectivity index (χ0) is 33.8. The Hall–Kier alpha value is -4.50. The number of pyridine rings is 1. The van der Waals surface area contributed by atoms with Crippen LogP contribution in [0.4, 0.5) is 5.82 Å². The van der Waals surface area contributed by atoms with E-state index in [9.17, 15) is 20.1 Å². The van der Waals surface area contributed by atoms with E-state index in [2.05, 4.69) is 22.4 Å². The Bertz CT molecular complexity index is 1780. The highest BCUT2D eigenvalue weighted by molar-refractivity contribution is 7.98. The molecule has 0 spiro atoms. The molecule has 2 aromatic heterocycles. The van der Waals surface area contributed by atoms with Gasteiger partial charge in [0.25, 0.3) is 0 Å². The number of hydrogen-bond donors (Lipinski definition) is 4. The predicted octanol–water partition coefficient (Wildman–Crippen LogP) is 4.80. The maximum absolute atomic E-state index is 12.2. The van der Waals surface area contributed by atoms with Gasteiger partial charge in [0.05, 0.1) is 17.9 Å². The van der Waals surface area contributed by atoms with Crippen molar-refractivity contribution in [3.8, 4) is 33.8 Å². The van der Waals surface area contributed by atoms with Crippen LogP contribution in [0.3, 0.4) is 0 Å². The number of aryl methyl sites for hydroxylation is 1. The molecule has 14 heteroatoms. The van der Waals surface area contributed by atoms with Gasteiger partial charge in [-0.15, -0.1) is 11.3 Å². The third-order valence-corrected chi connectivity index (χ3v) is 9.16. The second-order valence-electron chi connectivity index (χ2n) is 10.3. The first kappa shape index (κ1) is 35.4. The molecule has 4 aromatic rings. The van der Waals surface area contributed by atoms with Crippen molar-refractivity contribution in [3.05, 3.63) is 81.3 Å². The molecule has 2 heterocycles. The number of nitrogens with two attached hydrogens (primary N) is 3. The molecule has 0 aliphatic carbocycles. The van der Waals surface area contributed by atoms with Crippen molar-refractivity contribution in [1.29, 1.82) is 10.5 Å². The molecule has 0 saturated carbocycles. The number of thiazole rings is 1. The second kappa shape index (κ2) is 17.4. The fourth-order valence-electron chi connectivity index (χ4n) is 4.53. The smallest absolute Gasteiger partial charge is 0.322 e. The third kappa shape index (κ3) is 9.75. The second-order valence-corrected chi connectivity index (χ2v) is 12.6. The number of nitrogens with zero attached hydrogens (tertiary/aromatic N) is 4. The summed E-state index contributed by atoms with van der Waals surface area (Å²) in [4.78, 5) is 33.0. The van der Waals surface area contributed by atoms with Crippen molar-refractivity contribution in [2.24, 2.45) is 11.5 Å². The van der Waals surface area contributed by atoms with E-state index in [1.807, 2.05) is 53.9 Å². The van der Waals surface area contributed by atoms with E-state index in [4.69, 9.17) is 38.5 Å². The van der Waals surface area contributed by atoms with E-state index in [1.54, 1.807) is 0 Å². The zero-order valence-corrected chi connectivity index (χ0v) is 27.8. The molecule has 0 bridgehead atoms. The van der Waals surface area contributed by atoms with Gasteiger partial charge in [0, 0.05) is 46.8 Å². The van der Waals surface area contributed by atoms with E-state index >= 15 is 0 Å². The number of carbonyl (C=O) groups is 2. The van der Waals surface area contributed by atoms with Crippen molar-refractivity contribution < 1.29 is 14.3 Å². The Morgan fingerprint density at radius 1 is 1.04 bits per heavy atom. The summed E-state index contributed by atoms with van der Waals surface area (Å²) in [6, 6.07) is 18.4. The number of aromatic nitrogens is 2. The topological polar surface area (TPSA) is 207 Å². The average molecular weight is 689 g/mol. The number of hydrogen-bond acceptors (Lipinski definition) is 12. The van der Waals surface area contributed by atoms with Crippen molar-refractivity contribution in [2.75, 3.05) is 25.4 Å². The van der Waals surface area contributed by atoms with Crippen LogP contribution in [0.1, 0.15) is 41.6 Å². The summed E-state index contributed by atoms with van der Waals surface area (Å²) in [7, 11) is 0. The monoisotopic (exact) mass is 688 g/mol. The lowest BCUT2D eigenvalue weighted by atomic mass is 9.95. The van der Waals surface area contributed by atoms with E-state index in [-0.39, 0.29) is 42.3 Å². The Kier molecular flexibility index (Phi) is 13.1. The lowest BCUT2D eigenvalue weighted by Crippen LogP contribution is -2.35. The molecule has 1 amide bonds. The van der Waals surface area contributed by atoms with E-state index in [0.29, 0.717) is 52.9 Å². The number of rotatable bonds is 15.